The van der Waals surface area contributed by atoms with Gasteiger partial charge in [-0.3, -0.25) is 9.69 Å². The fraction of sp³-hybridized carbons (Fsp3) is 0.619. The van der Waals surface area contributed by atoms with Gasteiger partial charge in [-0.2, -0.15) is 0 Å². The maximum absolute atomic E-state index is 13.0. The Bertz CT molecular complexity index is 914. The lowest BCUT2D eigenvalue weighted by molar-refractivity contribution is -0.133. The minimum absolute atomic E-state index is 0.00453. The Morgan fingerprint density at radius 2 is 1.97 bits per heavy atom. The fourth-order valence-electron chi connectivity index (χ4n) is 4.28. The lowest BCUT2D eigenvalue weighted by Crippen LogP contribution is -2.54. The third-order valence-electron chi connectivity index (χ3n) is 5.91. The number of benzene rings is 1. The highest BCUT2D eigenvalue weighted by Gasteiger charge is 2.48. The molecule has 166 valence electrons. The highest BCUT2D eigenvalue weighted by Crippen LogP contribution is 2.42. The molecule has 0 spiro atoms. The highest BCUT2D eigenvalue weighted by molar-refractivity contribution is 7.91. The number of Topliss-reactive ketones (excluding diaryl/α,β-unsaturated/α-hetero) is 1. The van der Waals surface area contributed by atoms with E-state index in [1.54, 1.807) is 24.3 Å². The number of hydrogen-bond acceptors (Lipinski definition) is 6. The molecule has 9 heteroatoms. The summed E-state index contributed by atoms with van der Waals surface area (Å²) in [6.07, 6.45) is 1.58. The highest BCUT2D eigenvalue weighted by atomic mass is 35.5. The molecule has 3 rings (SSSR count). The van der Waals surface area contributed by atoms with Crippen LogP contribution in [-0.2, 0) is 29.6 Å². The molecule has 1 heterocycles. The van der Waals surface area contributed by atoms with E-state index in [-0.39, 0.29) is 29.3 Å². The van der Waals surface area contributed by atoms with Crippen molar-refractivity contribution < 1.29 is 27.5 Å². The molecule has 7 nitrogen and oxygen atoms in total. The third kappa shape index (κ3) is 4.65. The number of halogens is 1. The Kier molecular flexibility index (Phi) is 6.79. The monoisotopic (exact) mass is 457 g/mol. The first-order chi connectivity index (χ1) is 14.1. The number of hydrogen-bond donors (Lipinski definition) is 0. The summed E-state index contributed by atoms with van der Waals surface area (Å²) >= 11 is 6.39. The second-order valence-corrected chi connectivity index (χ2v) is 11.1. The predicted octanol–water partition coefficient (Wildman–Crippen LogP) is 3.20. The molecule has 1 aliphatic heterocycles. The first-order valence-electron chi connectivity index (χ1n) is 10.1. The molecule has 1 saturated heterocycles. The van der Waals surface area contributed by atoms with E-state index in [0.717, 1.165) is 12.8 Å². The largest absolute Gasteiger partial charge is 0.448 e. The van der Waals surface area contributed by atoms with Gasteiger partial charge in [0.05, 0.1) is 24.7 Å². The first kappa shape index (κ1) is 23.0. The summed E-state index contributed by atoms with van der Waals surface area (Å²) in [5, 5.41) is 0.408. The van der Waals surface area contributed by atoms with E-state index in [9.17, 15) is 18.0 Å². The second-order valence-electron chi connectivity index (χ2n) is 8.54. The zero-order valence-corrected chi connectivity index (χ0v) is 18.9. The van der Waals surface area contributed by atoms with E-state index < -0.39 is 21.5 Å². The second kappa shape index (κ2) is 8.85. The lowest BCUT2D eigenvalue weighted by Gasteiger charge is -2.43. The molecule has 30 heavy (non-hydrogen) atoms. The van der Waals surface area contributed by atoms with Crippen molar-refractivity contribution in [3.8, 4) is 0 Å². The van der Waals surface area contributed by atoms with E-state index in [0.29, 0.717) is 36.6 Å². The molecule has 0 radical (unpaired) electrons. The van der Waals surface area contributed by atoms with Crippen LogP contribution in [0, 0.1) is 5.41 Å². The van der Waals surface area contributed by atoms with Gasteiger partial charge in [0, 0.05) is 29.5 Å². The average Bonchev–Trinajstić information content (AvgIpc) is 2.67. The predicted molar refractivity (Wildman–Crippen MR) is 113 cm³/mol. The lowest BCUT2D eigenvalue weighted by atomic mass is 9.74. The number of carbonyl (C=O) groups is 2. The Hall–Kier alpha value is -1.64. The van der Waals surface area contributed by atoms with Gasteiger partial charge in [0.2, 0.25) is 0 Å². The van der Waals surface area contributed by atoms with Crippen molar-refractivity contribution in [2.75, 3.05) is 38.4 Å². The van der Waals surface area contributed by atoms with Gasteiger partial charge >= 0.3 is 6.09 Å². The Morgan fingerprint density at radius 1 is 1.27 bits per heavy atom. The molecule has 1 amide bonds. The van der Waals surface area contributed by atoms with E-state index >= 15 is 0 Å². The summed E-state index contributed by atoms with van der Waals surface area (Å²) in [4.78, 5) is 27.1. The van der Waals surface area contributed by atoms with E-state index in [1.807, 2.05) is 6.92 Å². The van der Waals surface area contributed by atoms with Crippen LogP contribution in [0.4, 0.5) is 4.79 Å². The van der Waals surface area contributed by atoms with Crippen LogP contribution in [0.15, 0.2) is 24.3 Å². The Morgan fingerprint density at radius 3 is 2.57 bits per heavy atom. The van der Waals surface area contributed by atoms with Crippen molar-refractivity contribution >= 4 is 33.3 Å². The smallest absolute Gasteiger partial charge is 0.410 e. The molecular formula is C21H28ClNO6S. The number of sulfone groups is 1. The van der Waals surface area contributed by atoms with Crippen molar-refractivity contribution in [1.82, 2.24) is 4.90 Å². The average molecular weight is 458 g/mol. The number of nitrogens with zero attached hydrogens (tertiary/aromatic N) is 1. The van der Waals surface area contributed by atoms with E-state index in [2.05, 4.69) is 0 Å². The Labute approximate surface area is 182 Å². The molecule has 0 bridgehead atoms. The van der Waals surface area contributed by atoms with Crippen molar-refractivity contribution in [2.45, 2.75) is 38.1 Å². The van der Waals surface area contributed by atoms with Crippen molar-refractivity contribution in [2.24, 2.45) is 5.41 Å². The standard InChI is InChI=1S/C21H28ClNO6S/c1-20(13-28-14-20)15-30(26,27)12-11-29-19(25)23(2)21(10-6-5-9-18(21)24)16-7-3-4-8-17(16)22/h3-4,7-8H,5-6,9-15H2,1-2H3/t21-/m0/s1. The van der Waals surface area contributed by atoms with Crippen LogP contribution in [0.5, 0.6) is 0 Å². The molecule has 0 N–H and O–H groups in total. The van der Waals surface area contributed by atoms with Crippen LogP contribution in [0.3, 0.4) is 0 Å². The number of likely N-dealkylation sites (N-methyl/N-ethyl adjacent to an activating group) is 1. The quantitative estimate of drug-likeness (QED) is 0.624. The van der Waals surface area contributed by atoms with Crippen molar-refractivity contribution in [3.63, 3.8) is 0 Å². The maximum atomic E-state index is 13.0. The van der Waals surface area contributed by atoms with Gasteiger partial charge in [-0.15, -0.1) is 0 Å². The molecule has 2 aliphatic rings. The van der Waals surface area contributed by atoms with Crippen LogP contribution >= 0.6 is 11.6 Å². The number of carbonyl (C=O) groups excluding carboxylic acids is 2. The minimum Gasteiger partial charge on any atom is -0.448 e. The molecule has 1 saturated carbocycles. The number of rotatable bonds is 7. The van der Waals surface area contributed by atoms with Gasteiger partial charge in [-0.1, -0.05) is 36.7 Å². The van der Waals surface area contributed by atoms with Gasteiger partial charge in [-0.05, 0) is 25.3 Å². The molecular weight excluding hydrogens is 430 g/mol. The summed E-state index contributed by atoms with van der Waals surface area (Å²) < 4.78 is 35.1. The molecule has 0 unspecified atom stereocenters. The zero-order valence-electron chi connectivity index (χ0n) is 17.4. The zero-order chi connectivity index (χ0) is 22.0. The summed E-state index contributed by atoms with van der Waals surface area (Å²) in [6, 6.07) is 6.99. The van der Waals surface area contributed by atoms with Crippen LogP contribution in [0.2, 0.25) is 5.02 Å². The number of amides is 1. The van der Waals surface area contributed by atoms with Gasteiger partial charge in [0.25, 0.3) is 0 Å². The van der Waals surface area contributed by atoms with Gasteiger partial charge < -0.3 is 9.47 Å². The summed E-state index contributed by atoms with van der Waals surface area (Å²) in [7, 11) is -1.88. The number of ketones is 1. The summed E-state index contributed by atoms with van der Waals surface area (Å²) in [6.45, 7) is 2.42. The Balaban J connectivity index is 1.70. The van der Waals surface area contributed by atoms with Gasteiger partial charge in [0.15, 0.2) is 15.6 Å². The molecule has 1 aromatic rings. The normalized spacial score (nSPS) is 23.5. The third-order valence-corrected chi connectivity index (χ3v) is 8.16. The van der Waals surface area contributed by atoms with Crippen LogP contribution in [-0.4, -0.2) is 63.6 Å². The van der Waals surface area contributed by atoms with Crippen LogP contribution in [0.1, 0.15) is 38.2 Å². The molecule has 0 aromatic heterocycles. The van der Waals surface area contributed by atoms with Gasteiger partial charge in [0.1, 0.15) is 12.1 Å². The van der Waals surface area contributed by atoms with Crippen molar-refractivity contribution in [1.29, 1.82) is 0 Å². The summed E-state index contributed by atoms with van der Waals surface area (Å²) in [5.41, 5.74) is -1.01. The summed E-state index contributed by atoms with van der Waals surface area (Å²) in [5.74, 6) is -0.364. The maximum Gasteiger partial charge on any atom is 0.410 e. The minimum atomic E-state index is -3.40. The van der Waals surface area contributed by atoms with Gasteiger partial charge in [-0.25, -0.2) is 13.2 Å². The molecule has 2 fully saturated rings. The van der Waals surface area contributed by atoms with Crippen LogP contribution < -0.4 is 0 Å². The topological polar surface area (TPSA) is 90.0 Å². The SMILES string of the molecule is CN(C(=O)OCCS(=O)(=O)CC1(C)COC1)[C@]1(c2ccccc2Cl)CCCCC1=O. The van der Waals surface area contributed by atoms with Crippen LogP contribution in [0.25, 0.3) is 0 Å². The number of ether oxygens (including phenoxy) is 2. The first-order valence-corrected chi connectivity index (χ1v) is 12.3. The molecule has 1 aromatic carbocycles. The fourth-order valence-corrected chi connectivity index (χ4v) is 6.28. The van der Waals surface area contributed by atoms with E-state index in [4.69, 9.17) is 21.1 Å². The van der Waals surface area contributed by atoms with Crippen molar-refractivity contribution in [3.05, 3.63) is 34.9 Å². The molecule has 1 atom stereocenters. The van der Waals surface area contributed by atoms with E-state index in [1.165, 1.54) is 11.9 Å². The molecule has 1 aliphatic carbocycles.